The molecule has 1 heterocycles. The van der Waals surface area contributed by atoms with Gasteiger partial charge < -0.3 is 0 Å². The lowest BCUT2D eigenvalue weighted by atomic mass is 10.1. The third-order valence-corrected chi connectivity index (χ3v) is 3.29. The molecule has 2 aromatic rings. The average Bonchev–Trinajstić information content (AvgIpc) is 2.89. The molecule has 1 aromatic carbocycles. The second kappa shape index (κ2) is 5.85. The fourth-order valence-corrected chi connectivity index (χ4v) is 2.21. The Morgan fingerprint density at radius 1 is 1.45 bits per heavy atom. The second-order valence-electron chi connectivity index (χ2n) is 4.20. The monoisotopic (exact) mass is 288 g/mol. The van der Waals surface area contributed by atoms with Crippen LogP contribution in [0.1, 0.15) is 42.0 Å². The number of hydrogen-bond donors (Lipinski definition) is 0. The summed E-state index contributed by atoms with van der Waals surface area (Å²) in [6.45, 7) is 3.72. The minimum atomic E-state index is -0.0436. The molecule has 0 N–H and O–H groups in total. The second-order valence-corrected chi connectivity index (χ2v) is 4.61. The molecule has 20 heavy (non-hydrogen) atoms. The van der Waals surface area contributed by atoms with E-state index in [0.717, 1.165) is 5.69 Å². The number of carbonyl (C=O) groups is 1. The maximum atomic E-state index is 11.8. The van der Waals surface area contributed by atoms with Crippen molar-refractivity contribution in [3.8, 4) is 11.8 Å². The summed E-state index contributed by atoms with van der Waals surface area (Å²) in [6.07, 6.45) is 0.997. The Kier molecular flexibility index (Phi) is 4.16. The van der Waals surface area contributed by atoms with Crippen LogP contribution in [0, 0.1) is 11.3 Å². The van der Waals surface area contributed by atoms with Crippen LogP contribution in [0.3, 0.4) is 0 Å². The summed E-state index contributed by atoms with van der Waals surface area (Å²) in [7, 11) is 0. The first-order valence-electron chi connectivity index (χ1n) is 6.30. The number of halogens is 1. The van der Waals surface area contributed by atoms with Crippen molar-refractivity contribution in [3.05, 3.63) is 40.2 Å². The SMILES string of the molecule is CCC(=O)c1nnn(-c2ccc(C#N)cc2Cl)c1CC. The Morgan fingerprint density at radius 2 is 2.20 bits per heavy atom. The molecule has 0 spiro atoms. The maximum Gasteiger partial charge on any atom is 0.184 e. The molecule has 0 aliphatic heterocycles. The molecule has 6 heteroatoms. The number of carbonyl (C=O) groups excluding carboxylic acids is 1. The average molecular weight is 289 g/mol. The molecule has 2 rings (SSSR count). The zero-order valence-corrected chi connectivity index (χ0v) is 12.0. The molecule has 0 amide bonds. The fourth-order valence-electron chi connectivity index (χ4n) is 1.94. The Bertz CT molecular complexity index is 700. The van der Waals surface area contributed by atoms with E-state index in [4.69, 9.17) is 16.9 Å². The van der Waals surface area contributed by atoms with Gasteiger partial charge >= 0.3 is 0 Å². The number of ketones is 1. The van der Waals surface area contributed by atoms with Crippen LogP contribution in [-0.2, 0) is 6.42 Å². The van der Waals surface area contributed by atoms with E-state index in [9.17, 15) is 4.79 Å². The van der Waals surface area contributed by atoms with Crippen LogP contribution in [0.25, 0.3) is 5.69 Å². The molecule has 102 valence electrons. The van der Waals surface area contributed by atoms with Gasteiger partial charge in [0.25, 0.3) is 0 Å². The summed E-state index contributed by atoms with van der Waals surface area (Å²) in [4.78, 5) is 11.8. The molecular weight excluding hydrogens is 276 g/mol. The summed E-state index contributed by atoms with van der Waals surface area (Å²) in [5, 5.41) is 17.2. The number of benzene rings is 1. The minimum absolute atomic E-state index is 0.0436. The highest BCUT2D eigenvalue weighted by molar-refractivity contribution is 6.32. The Morgan fingerprint density at radius 3 is 2.75 bits per heavy atom. The molecular formula is C14H13ClN4O. The zero-order chi connectivity index (χ0) is 14.7. The zero-order valence-electron chi connectivity index (χ0n) is 11.2. The molecule has 0 fully saturated rings. The lowest BCUT2D eigenvalue weighted by Gasteiger charge is -2.07. The lowest BCUT2D eigenvalue weighted by molar-refractivity contribution is 0.0982. The number of Topliss-reactive ketones (excluding diaryl/α,β-unsaturated/α-hetero) is 1. The Labute approximate surface area is 121 Å². The highest BCUT2D eigenvalue weighted by Gasteiger charge is 2.19. The number of hydrogen-bond acceptors (Lipinski definition) is 4. The highest BCUT2D eigenvalue weighted by atomic mass is 35.5. The number of aromatic nitrogens is 3. The van der Waals surface area contributed by atoms with Gasteiger partial charge in [0.2, 0.25) is 0 Å². The van der Waals surface area contributed by atoms with E-state index in [-0.39, 0.29) is 5.78 Å². The van der Waals surface area contributed by atoms with Gasteiger partial charge in [-0.2, -0.15) is 5.26 Å². The molecule has 5 nitrogen and oxygen atoms in total. The van der Waals surface area contributed by atoms with Crippen molar-refractivity contribution in [1.82, 2.24) is 15.0 Å². The third-order valence-electron chi connectivity index (χ3n) is 2.99. The fraction of sp³-hybridized carbons (Fsp3) is 0.286. The van der Waals surface area contributed by atoms with E-state index in [0.29, 0.717) is 34.8 Å². The topological polar surface area (TPSA) is 71.6 Å². The smallest absolute Gasteiger partial charge is 0.184 e. The van der Waals surface area contributed by atoms with Crippen LogP contribution in [0.2, 0.25) is 5.02 Å². The van der Waals surface area contributed by atoms with Gasteiger partial charge in [0.05, 0.1) is 28.0 Å². The van der Waals surface area contributed by atoms with Crippen molar-refractivity contribution in [3.63, 3.8) is 0 Å². The standard InChI is InChI=1S/C14H13ClN4O/c1-3-11-14(13(20)4-2)17-18-19(11)12-6-5-9(8-16)7-10(12)15/h5-7H,3-4H2,1-2H3. The van der Waals surface area contributed by atoms with E-state index in [2.05, 4.69) is 10.3 Å². The highest BCUT2D eigenvalue weighted by Crippen LogP contribution is 2.23. The summed E-state index contributed by atoms with van der Waals surface area (Å²) in [5.74, 6) is -0.0436. The Hall–Kier alpha value is -2.19. The lowest BCUT2D eigenvalue weighted by Crippen LogP contribution is -2.06. The predicted molar refractivity (Wildman–Crippen MR) is 75.1 cm³/mol. The molecule has 0 radical (unpaired) electrons. The van der Waals surface area contributed by atoms with Gasteiger partial charge in [0.1, 0.15) is 0 Å². The largest absolute Gasteiger partial charge is 0.292 e. The van der Waals surface area contributed by atoms with Crippen LogP contribution in [-0.4, -0.2) is 20.8 Å². The predicted octanol–water partition coefficient (Wildman–Crippen LogP) is 2.95. The van der Waals surface area contributed by atoms with Crippen LogP contribution in [0.5, 0.6) is 0 Å². The molecule has 0 aliphatic rings. The molecule has 0 bridgehead atoms. The number of nitrogens with zero attached hydrogens (tertiary/aromatic N) is 4. The first-order valence-corrected chi connectivity index (χ1v) is 6.67. The van der Waals surface area contributed by atoms with Gasteiger partial charge in [-0.3, -0.25) is 4.79 Å². The van der Waals surface area contributed by atoms with Crippen molar-refractivity contribution < 1.29 is 4.79 Å². The van der Waals surface area contributed by atoms with E-state index in [1.54, 1.807) is 29.8 Å². The van der Waals surface area contributed by atoms with E-state index in [1.807, 2.05) is 13.0 Å². The summed E-state index contributed by atoms with van der Waals surface area (Å²) in [6, 6.07) is 6.95. The molecule has 0 atom stereocenters. The molecule has 0 saturated heterocycles. The number of nitriles is 1. The van der Waals surface area contributed by atoms with Gasteiger partial charge in [-0.1, -0.05) is 30.7 Å². The van der Waals surface area contributed by atoms with Crippen molar-refractivity contribution in [1.29, 1.82) is 5.26 Å². The molecule has 0 aliphatic carbocycles. The van der Waals surface area contributed by atoms with Gasteiger partial charge in [-0.05, 0) is 24.6 Å². The summed E-state index contributed by atoms with van der Waals surface area (Å²) >= 11 is 6.17. The minimum Gasteiger partial charge on any atom is -0.292 e. The van der Waals surface area contributed by atoms with Crippen molar-refractivity contribution in [2.45, 2.75) is 26.7 Å². The van der Waals surface area contributed by atoms with Crippen molar-refractivity contribution in [2.75, 3.05) is 0 Å². The normalized spacial score (nSPS) is 10.3. The van der Waals surface area contributed by atoms with E-state index >= 15 is 0 Å². The maximum absolute atomic E-state index is 11.8. The quantitative estimate of drug-likeness (QED) is 0.811. The number of rotatable bonds is 4. The first kappa shape index (κ1) is 14.2. The Balaban J connectivity index is 2.57. The van der Waals surface area contributed by atoms with Gasteiger partial charge in [-0.25, -0.2) is 4.68 Å². The molecule has 0 unspecified atom stereocenters. The van der Waals surface area contributed by atoms with Crippen LogP contribution < -0.4 is 0 Å². The van der Waals surface area contributed by atoms with Crippen molar-refractivity contribution >= 4 is 17.4 Å². The summed E-state index contributed by atoms with van der Waals surface area (Å²) < 4.78 is 1.56. The van der Waals surface area contributed by atoms with Crippen LogP contribution in [0.15, 0.2) is 18.2 Å². The molecule has 1 aromatic heterocycles. The van der Waals surface area contributed by atoms with Gasteiger partial charge in [0.15, 0.2) is 11.5 Å². The van der Waals surface area contributed by atoms with Gasteiger partial charge in [-0.15, -0.1) is 5.10 Å². The first-order chi connectivity index (χ1) is 9.62. The van der Waals surface area contributed by atoms with Crippen LogP contribution in [0.4, 0.5) is 0 Å². The van der Waals surface area contributed by atoms with Gasteiger partial charge in [0, 0.05) is 6.42 Å². The van der Waals surface area contributed by atoms with Crippen LogP contribution >= 0.6 is 11.6 Å². The van der Waals surface area contributed by atoms with E-state index < -0.39 is 0 Å². The third kappa shape index (κ3) is 2.43. The van der Waals surface area contributed by atoms with E-state index in [1.165, 1.54) is 0 Å². The summed E-state index contributed by atoms with van der Waals surface area (Å²) in [5.41, 5.74) is 2.20. The molecule has 0 saturated carbocycles. The van der Waals surface area contributed by atoms with Crippen molar-refractivity contribution in [2.24, 2.45) is 0 Å².